The number of aryl methyl sites for hydroxylation is 1. The summed E-state index contributed by atoms with van der Waals surface area (Å²) in [4.78, 5) is 14.5. The first-order valence-corrected chi connectivity index (χ1v) is 10.5. The number of nitrogens with zero attached hydrogens (tertiary/aromatic N) is 1. The Balaban J connectivity index is 1.64. The quantitative estimate of drug-likeness (QED) is 0.857. The average molecular weight is 386 g/mol. The van der Waals surface area contributed by atoms with Gasteiger partial charge in [0.25, 0.3) is 0 Å². The summed E-state index contributed by atoms with van der Waals surface area (Å²) < 4.78 is 33.6. The first-order valence-electron chi connectivity index (χ1n) is 9.01. The summed E-state index contributed by atoms with van der Waals surface area (Å²) in [6.07, 6.45) is 1.64. The van der Waals surface area contributed by atoms with Gasteiger partial charge in [0.2, 0.25) is 15.9 Å². The van der Waals surface area contributed by atoms with Crippen LogP contribution in [-0.4, -0.2) is 28.0 Å². The van der Waals surface area contributed by atoms with Crippen LogP contribution in [0.4, 0.5) is 5.69 Å². The van der Waals surface area contributed by atoms with Crippen LogP contribution in [0.1, 0.15) is 36.0 Å². The summed E-state index contributed by atoms with van der Waals surface area (Å²) in [5.41, 5.74) is 3.50. The zero-order chi connectivity index (χ0) is 19.2. The molecule has 6 nitrogen and oxygen atoms in total. The van der Waals surface area contributed by atoms with Crippen molar-refractivity contribution in [2.24, 2.45) is 0 Å². The van der Waals surface area contributed by atoms with Crippen LogP contribution in [0.2, 0.25) is 0 Å². The highest BCUT2D eigenvalue weighted by Crippen LogP contribution is 2.43. The lowest BCUT2D eigenvalue weighted by Gasteiger charge is -2.26. The molecule has 0 bridgehead atoms. The minimum absolute atomic E-state index is 0.0600. The fraction of sp³-hybridized carbons (Fsp3) is 0.350. The van der Waals surface area contributed by atoms with E-state index in [1.54, 1.807) is 30.2 Å². The normalized spacial score (nSPS) is 18.5. The molecule has 0 saturated carbocycles. The number of hydrogen-bond acceptors (Lipinski definition) is 4. The smallest absolute Gasteiger partial charge is 0.240 e. The molecule has 2 aliphatic heterocycles. The lowest BCUT2D eigenvalue weighted by Crippen LogP contribution is -2.32. The molecule has 2 aliphatic rings. The standard InChI is InChI=1S/C20H22N2O4S/c1-13-18-11-17(10-15-6-4-8-22(19(15)18)20(13)23)27(24,25)21-12-14-5-3-7-16(9-14)26-2/h3,5,7,9-11,13,21H,4,6,8,12H2,1-2H3/t13-/m1/s1. The monoisotopic (exact) mass is 386 g/mol. The molecule has 1 atom stereocenters. The molecule has 4 rings (SSSR count). The lowest BCUT2D eigenvalue weighted by molar-refractivity contribution is -0.119. The number of hydrogen-bond donors (Lipinski definition) is 1. The van der Waals surface area contributed by atoms with Crippen LogP contribution in [0.5, 0.6) is 5.75 Å². The van der Waals surface area contributed by atoms with Gasteiger partial charge in [0.05, 0.1) is 23.6 Å². The topological polar surface area (TPSA) is 75.7 Å². The molecule has 2 aromatic carbocycles. The molecule has 0 spiro atoms. The number of rotatable bonds is 5. The van der Waals surface area contributed by atoms with E-state index in [9.17, 15) is 13.2 Å². The molecule has 2 aromatic rings. The maximum Gasteiger partial charge on any atom is 0.240 e. The van der Waals surface area contributed by atoms with Gasteiger partial charge in [-0.1, -0.05) is 12.1 Å². The van der Waals surface area contributed by atoms with Crippen LogP contribution in [0.25, 0.3) is 0 Å². The molecule has 2 heterocycles. The Labute approximate surface area is 159 Å². The summed E-state index contributed by atoms with van der Waals surface area (Å²) in [6, 6.07) is 10.6. The molecule has 27 heavy (non-hydrogen) atoms. The van der Waals surface area contributed by atoms with Gasteiger partial charge in [-0.25, -0.2) is 13.1 Å². The number of nitrogens with one attached hydrogen (secondary N) is 1. The number of benzene rings is 2. The Kier molecular flexibility index (Phi) is 4.44. The predicted octanol–water partition coefficient (Wildman–Crippen LogP) is 2.57. The average Bonchev–Trinajstić information content (AvgIpc) is 2.93. The highest BCUT2D eigenvalue weighted by atomic mass is 32.2. The second kappa shape index (κ2) is 6.65. The Morgan fingerprint density at radius 2 is 2.07 bits per heavy atom. The first kappa shape index (κ1) is 18.0. The van der Waals surface area contributed by atoms with Crippen LogP contribution in [0, 0.1) is 0 Å². The third kappa shape index (κ3) is 3.11. The maximum atomic E-state index is 12.9. The fourth-order valence-corrected chi connectivity index (χ4v) is 4.97. The van der Waals surface area contributed by atoms with Gasteiger partial charge in [0.1, 0.15) is 5.75 Å². The number of carbonyl (C=O) groups is 1. The molecule has 0 fully saturated rings. The molecule has 0 saturated heterocycles. The number of carbonyl (C=O) groups excluding carboxylic acids is 1. The number of ether oxygens (including phenoxy) is 1. The van der Waals surface area contributed by atoms with E-state index in [0.717, 1.165) is 35.2 Å². The number of sulfonamides is 1. The fourth-order valence-electron chi connectivity index (χ4n) is 3.86. The third-order valence-electron chi connectivity index (χ3n) is 5.30. The van der Waals surface area contributed by atoms with Crippen molar-refractivity contribution >= 4 is 21.6 Å². The van der Waals surface area contributed by atoms with Crippen molar-refractivity contribution < 1.29 is 17.9 Å². The van der Waals surface area contributed by atoms with Crippen molar-refractivity contribution in [3.8, 4) is 5.75 Å². The Morgan fingerprint density at radius 1 is 1.26 bits per heavy atom. The van der Waals surface area contributed by atoms with Crippen molar-refractivity contribution in [3.05, 3.63) is 53.1 Å². The van der Waals surface area contributed by atoms with Gasteiger partial charge >= 0.3 is 0 Å². The van der Waals surface area contributed by atoms with Gasteiger partial charge in [-0.05, 0) is 60.7 Å². The Morgan fingerprint density at radius 3 is 2.85 bits per heavy atom. The van der Waals surface area contributed by atoms with E-state index in [1.165, 1.54) is 0 Å². The molecule has 1 amide bonds. The molecule has 0 aromatic heterocycles. The molecule has 7 heteroatoms. The number of methoxy groups -OCH3 is 1. The molecule has 0 radical (unpaired) electrons. The van der Waals surface area contributed by atoms with Gasteiger partial charge in [-0.3, -0.25) is 4.79 Å². The van der Waals surface area contributed by atoms with Crippen molar-refractivity contribution in [1.29, 1.82) is 0 Å². The van der Waals surface area contributed by atoms with E-state index >= 15 is 0 Å². The van der Waals surface area contributed by atoms with E-state index in [-0.39, 0.29) is 23.3 Å². The van der Waals surface area contributed by atoms with E-state index in [2.05, 4.69) is 4.72 Å². The molecule has 142 valence electrons. The largest absolute Gasteiger partial charge is 0.497 e. The van der Waals surface area contributed by atoms with Gasteiger partial charge in [-0.15, -0.1) is 0 Å². The second-order valence-electron chi connectivity index (χ2n) is 7.01. The lowest BCUT2D eigenvalue weighted by atomic mass is 9.97. The van der Waals surface area contributed by atoms with E-state index in [1.807, 2.05) is 25.1 Å². The Hall–Kier alpha value is -2.38. The van der Waals surface area contributed by atoms with Gasteiger partial charge in [0.15, 0.2) is 0 Å². The Bertz CT molecular complexity index is 1020. The first-order chi connectivity index (χ1) is 12.9. The predicted molar refractivity (Wildman–Crippen MR) is 103 cm³/mol. The number of anilines is 1. The van der Waals surface area contributed by atoms with Crippen molar-refractivity contribution in [2.75, 3.05) is 18.6 Å². The third-order valence-corrected chi connectivity index (χ3v) is 6.68. The van der Waals surface area contributed by atoms with Gasteiger partial charge in [-0.2, -0.15) is 0 Å². The highest BCUT2D eigenvalue weighted by molar-refractivity contribution is 7.89. The van der Waals surface area contributed by atoms with Crippen LogP contribution < -0.4 is 14.4 Å². The van der Waals surface area contributed by atoms with E-state index in [4.69, 9.17) is 4.74 Å². The zero-order valence-electron chi connectivity index (χ0n) is 15.4. The minimum Gasteiger partial charge on any atom is -0.497 e. The summed E-state index contributed by atoms with van der Waals surface area (Å²) in [5.74, 6) is 0.441. The van der Waals surface area contributed by atoms with Crippen molar-refractivity contribution in [3.63, 3.8) is 0 Å². The van der Waals surface area contributed by atoms with Crippen molar-refractivity contribution in [2.45, 2.75) is 37.1 Å². The highest BCUT2D eigenvalue weighted by Gasteiger charge is 2.38. The zero-order valence-corrected chi connectivity index (χ0v) is 16.2. The molecule has 1 N–H and O–H groups in total. The number of amides is 1. The van der Waals surface area contributed by atoms with E-state index < -0.39 is 10.0 Å². The van der Waals surface area contributed by atoms with Crippen LogP contribution >= 0.6 is 0 Å². The summed E-state index contributed by atoms with van der Waals surface area (Å²) >= 11 is 0. The van der Waals surface area contributed by atoms with Crippen LogP contribution in [0.3, 0.4) is 0 Å². The molecule has 0 aliphatic carbocycles. The molecular formula is C20H22N2O4S. The van der Waals surface area contributed by atoms with Crippen molar-refractivity contribution in [1.82, 2.24) is 4.72 Å². The van der Waals surface area contributed by atoms with Crippen LogP contribution in [-0.2, 0) is 27.8 Å². The SMILES string of the molecule is COc1cccc(CNS(=O)(=O)c2cc3c4c(c2)[C@@H](C)C(=O)N4CCC3)c1. The van der Waals surface area contributed by atoms with Gasteiger partial charge < -0.3 is 9.64 Å². The molecule has 0 unspecified atom stereocenters. The van der Waals surface area contributed by atoms with Gasteiger partial charge in [0, 0.05) is 13.1 Å². The minimum atomic E-state index is -3.69. The molecular weight excluding hydrogens is 364 g/mol. The summed E-state index contributed by atoms with van der Waals surface area (Å²) in [7, 11) is -2.11. The second-order valence-corrected chi connectivity index (χ2v) is 8.78. The summed E-state index contributed by atoms with van der Waals surface area (Å²) in [5, 5.41) is 0. The maximum absolute atomic E-state index is 12.9. The van der Waals surface area contributed by atoms with E-state index in [0.29, 0.717) is 12.3 Å². The summed E-state index contributed by atoms with van der Waals surface area (Å²) in [6.45, 7) is 2.73. The van der Waals surface area contributed by atoms with Crippen LogP contribution in [0.15, 0.2) is 41.3 Å².